The highest BCUT2D eigenvalue weighted by Gasteiger charge is 2.27. The van der Waals surface area contributed by atoms with Gasteiger partial charge in [-0.15, -0.1) is 0 Å². The Morgan fingerprint density at radius 1 is 0.774 bits per heavy atom. The normalized spacial score (nSPS) is 11.5. The molecule has 0 spiro atoms. The van der Waals surface area contributed by atoms with E-state index in [0.29, 0.717) is 17.4 Å². The average Bonchev–Trinajstić information content (AvgIpc) is 2.81. The standard InChI is InChI=1S/C25H29O5P/c1-20(2)23-14-15-24(27-3)25(16-23)28-19-31(26,29-17-21-10-6-4-7-11-21)30-18-22-12-8-5-9-13-22/h4-16,20H,17-19H2,1-3H3. The van der Waals surface area contributed by atoms with Crippen molar-refractivity contribution in [2.75, 3.05) is 13.5 Å². The minimum Gasteiger partial charge on any atom is -0.493 e. The van der Waals surface area contributed by atoms with Gasteiger partial charge in [0, 0.05) is 0 Å². The second-order valence-electron chi connectivity index (χ2n) is 7.47. The summed E-state index contributed by atoms with van der Waals surface area (Å²) in [5.74, 6) is 1.41. The Hall–Kier alpha value is -2.59. The van der Waals surface area contributed by atoms with Gasteiger partial charge in [-0.1, -0.05) is 80.6 Å². The van der Waals surface area contributed by atoms with E-state index in [1.807, 2.05) is 78.9 Å². The van der Waals surface area contributed by atoms with Crippen molar-refractivity contribution in [1.29, 1.82) is 0 Å². The topological polar surface area (TPSA) is 54.0 Å². The van der Waals surface area contributed by atoms with E-state index in [1.54, 1.807) is 7.11 Å². The van der Waals surface area contributed by atoms with Crippen molar-refractivity contribution in [3.63, 3.8) is 0 Å². The van der Waals surface area contributed by atoms with E-state index in [9.17, 15) is 4.57 Å². The van der Waals surface area contributed by atoms with Crippen LogP contribution in [0.2, 0.25) is 0 Å². The van der Waals surface area contributed by atoms with Gasteiger partial charge in [0.15, 0.2) is 17.8 Å². The number of methoxy groups -OCH3 is 1. The molecule has 0 aliphatic carbocycles. The van der Waals surface area contributed by atoms with Crippen LogP contribution in [0.1, 0.15) is 36.5 Å². The molecule has 0 aliphatic rings. The van der Waals surface area contributed by atoms with Crippen LogP contribution in [0.3, 0.4) is 0 Å². The minimum atomic E-state index is -3.56. The number of rotatable bonds is 11. The maximum absolute atomic E-state index is 13.5. The zero-order chi connectivity index (χ0) is 22.1. The molecule has 0 fully saturated rings. The van der Waals surface area contributed by atoms with Crippen molar-refractivity contribution in [2.24, 2.45) is 0 Å². The molecule has 3 aromatic rings. The number of benzene rings is 3. The number of hydrogen-bond donors (Lipinski definition) is 0. The summed E-state index contributed by atoms with van der Waals surface area (Å²) in [5.41, 5.74) is 2.91. The van der Waals surface area contributed by atoms with Crippen LogP contribution in [0.15, 0.2) is 78.9 Å². The van der Waals surface area contributed by atoms with Crippen molar-refractivity contribution in [1.82, 2.24) is 0 Å². The Morgan fingerprint density at radius 3 is 1.81 bits per heavy atom. The van der Waals surface area contributed by atoms with Crippen LogP contribution in [-0.2, 0) is 26.8 Å². The monoisotopic (exact) mass is 440 g/mol. The van der Waals surface area contributed by atoms with E-state index in [0.717, 1.165) is 16.7 Å². The lowest BCUT2D eigenvalue weighted by Gasteiger charge is -2.20. The molecule has 0 unspecified atom stereocenters. The van der Waals surface area contributed by atoms with Gasteiger partial charge < -0.3 is 18.5 Å². The fourth-order valence-corrected chi connectivity index (χ4v) is 4.13. The second kappa shape index (κ2) is 11.1. The van der Waals surface area contributed by atoms with E-state index < -0.39 is 7.60 Å². The molecular weight excluding hydrogens is 411 g/mol. The zero-order valence-electron chi connectivity index (χ0n) is 18.2. The highest BCUT2D eigenvalue weighted by atomic mass is 31.2. The van der Waals surface area contributed by atoms with Gasteiger partial charge in [-0.05, 0) is 34.7 Å². The molecule has 3 rings (SSSR count). The van der Waals surface area contributed by atoms with Crippen molar-refractivity contribution in [3.8, 4) is 11.5 Å². The first-order valence-electron chi connectivity index (χ1n) is 10.3. The van der Waals surface area contributed by atoms with Crippen molar-refractivity contribution >= 4 is 7.60 Å². The van der Waals surface area contributed by atoms with Gasteiger partial charge in [0.05, 0.1) is 20.3 Å². The summed E-state index contributed by atoms with van der Waals surface area (Å²) in [5, 5.41) is 0. The van der Waals surface area contributed by atoms with Crippen LogP contribution >= 0.6 is 7.60 Å². The summed E-state index contributed by atoms with van der Waals surface area (Å²) < 4.78 is 36.4. The van der Waals surface area contributed by atoms with Gasteiger partial charge in [-0.3, -0.25) is 4.57 Å². The summed E-state index contributed by atoms with van der Waals surface area (Å²) in [6, 6.07) is 24.9. The maximum atomic E-state index is 13.5. The Bertz CT molecular complexity index is 942. The lowest BCUT2D eigenvalue weighted by atomic mass is 10.0. The molecule has 0 aromatic heterocycles. The van der Waals surface area contributed by atoms with Gasteiger partial charge in [0.1, 0.15) is 0 Å². The first kappa shape index (κ1) is 23.1. The van der Waals surface area contributed by atoms with Gasteiger partial charge in [-0.25, -0.2) is 0 Å². The largest absolute Gasteiger partial charge is 0.493 e. The predicted octanol–water partition coefficient (Wildman–Crippen LogP) is 6.78. The Morgan fingerprint density at radius 2 is 1.32 bits per heavy atom. The third kappa shape index (κ3) is 6.96. The molecule has 0 amide bonds. The van der Waals surface area contributed by atoms with Crippen LogP contribution in [0.4, 0.5) is 0 Å². The lowest BCUT2D eigenvalue weighted by Crippen LogP contribution is -2.07. The molecule has 3 aromatic carbocycles. The summed E-state index contributed by atoms with van der Waals surface area (Å²) in [6.45, 7) is 4.53. The fourth-order valence-electron chi connectivity index (χ4n) is 2.92. The molecule has 0 aliphatic heterocycles. The van der Waals surface area contributed by atoms with Crippen LogP contribution in [0, 0.1) is 0 Å². The third-order valence-corrected chi connectivity index (χ3v) is 6.26. The quantitative estimate of drug-likeness (QED) is 0.308. The maximum Gasteiger partial charge on any atom is 0.368 e. The Kier molecular flexibility index (Phi) is 8.30. The summed E-state index contributed by atoms with van der Waals surface area (Å²) in [6.07, 6.45) is -0.218. The highest BCUT2D eigenvalue weighted by molar-refractivity contribution is 7.53. The molecule has 31 heavy (non-hydrogen) atoms. The number of hydrogen-bond acceptors (Lipinski definition) is 5. The SMILES string of the molecule is COc1ccc(C(C)C)cc1OCP(=O)(OCc1ccccc1)OCc1ccccc1. The summed E-state index contributed by atoms with van der Waals surface area (Å²) >= 11 is 0. The molecule has 164 valence electrons. The van der Waals surface area contributed by atoms with Gasteiger partial charge in [-0.2, -0.15) is 0 Å². The molecule has 6 heteroatoms. The first-order chi connectivity index (χ1) is 15.0. The Labute approximate surface area is 184 Å². The third-order valence-electron chi connectivity index (χ3n) is 4.77. The van der Waals surface area contributed by atoms with Crippen LogP contribution in [-0.4, -0.2) is 13.5 Å². The van der Waals surface area contributed by atoms with E-state index in [2.05, 4.69) is 13.8 Å². The molecule has 0 saturated heterocycles. The zero-order valence-corrected chi connectivity index (χ0v) is 19.1. The molecule has 5 nitrogen and oxygen atoms in total. The van der Waals surface area contributed by atoms with Crippen molar-refractivity contribution in [3.05, 3.63) is 95.6 Å². The van der Waals surface area contributed by atoms with E-state index >= 15 is 0 Å². The molecule has 0 N–H and O–H groups in total. The molecule has 0 bridgehead atoms. The highest BCUT2D eigenvalue weighted by Crippen LogP contribution is 2.50. The van der Waals surface area contributed by atoms with Crippen LogP contribution in [0.25, 0.3) is 0 Å². The lowest BCUT2D eigenvalue weighted by molar-refractivity contribution is 0.171. The Balaban J connectivity index is 1.75. The second-order valence-corrected chi connectivity index (χ2v) is 9.46. The molecule has 0 atom stereocenters. The summed E-state index contributed by atoms with van der Waals surface area (Å²) in [4.78, 5) is 0. The average molecular weight is 440 g/mol. The smallest absolute Gasteiger partial charge is 0.368 e. The molecular formula is C25H29O5P. The molecule has 0 saturated carbocycles. The molecule has 0 heterocycles. The van der Waals surface area contributed by atoms with Gasteiger partial charge >= 0.3 is 7.60 Å². The van der Waals surface area contributed by atoms with Crippen LogP contribution < -0.4 is 9.47 Å². The van der Waals surface area contributed by atoms with Gasteiger partial charge in [0.25, 0.3) is 0 Å². The fraction of sp³-hybridized carbons (Fsp3) is 0.280. The molecule has 0 radical (unpaired) electrons. The summed E-state index contributed by atoms with van der Waals surface area (Å²) in [7, 11) is -1.98. The van der Waals surface area contributed by atoms with Crippen LogP contribution in [0.5, 0.6) is 11.5 Å². The minimum absolute atomic E-state index is 0.166. The van der Waals surface area contributed by atoms with E-state index in [4.69, 9.17) is 18.5 Å². The first-order valence-corrected chi connectivity index (χ1v) is 12.0. The predicted molar refractivity (Wildman–Crippen MR) is 123 cm³/mol. The van der Waals surface area contributed by atoms with E-state index in [-0.39, 0.29) is 19.6 Å². The van der Waals surface area contributed by atoms with E-state index in [1.165, 1.54) is 0 Å². The number of ether oxygens (including phenoxy) is 2. The van der Waals surface area contributed by atoms with Crippen molar-refractivity contribution < 1.29 is 23.1 Å². The van der Waals surface area contributed by atoms with Gasteiger partial charge in [0.2, 0.25) is 0 Å². The van der Waals surface area contributed by atoms with Crippen molar-refractivity contribution in [2.45, 2.75) is 33.0 Å².